The first kappa shape index (κ1) is 17.7. The van der Waals surface area contributed by atoms with Gasteiger partial charge in [-0.2, -0.15) is 0 Å². The van der Waals surface area contributed by atoms with E-state index in [9.17, 15) is 9.59 Å². The van der Waals surface area contributed by atoms with E-state index in [0.29, 0.717) is 31.1 Å². The minimum absolute atomic E-state index is 0.00440. The van der Waals surface area contributed by atoms with Crippen LogP contribution in [0.4, 0.5) is 5.13 Å². The predicted molar refractivity (Wildman–Crippen MR) is 99.3 cm³/mol. The van der Waals surface area contributed by atoms with Gasteiger partial charge in [0.25, 0.3) is 0 Å². The summed E-state index contributed by atoms with van der Waals surface area (Å²) in [7, 11) is 0. The fourth-order valence-corrected chi connectivity index (χ4v) is 3.68. The molecule has 3 rings (SSSR count). The molecule has 0 aliphatic carbocycles. The van der Waals surface area contributed by atoms with Gasteiger partial charge >= 0.3 is 0 Å². The lowest BCUT2D eigenvalue weighted by molar-refractivity contribution is -0.142. The van der Waals surface area contributed by atoms with E-state index < -0.39 is 0 Å². The number of likely N-dealkylation sites (tertiary alicyclic amines) is 1. The van der Waals surface area contributed by atoms with Gasteiger partial charge in [-0.15, -0.1) is 11.3 Å². The fourth-order valence-electron chi connectivity index (χ4n) is 2.97. The number of carbonyl (C=O) groups is 2. The van der Waals surface area contributed by atoms with E-state index in [0.717, 1.165) is 11.4 Å². The summed E-state index contributed by atoms with van der Waals surface area (Å²) in [4.78, 5) is 34.2. The first-order valence-electron chi connectivity index (χ1n) is 8.54. The molecular formula is C18H24N4O2S. The number of H-pyrrole nitrogens is 1. The molecule has 6 nitrogen and oxygen atoms in total. The highest BCUT2D eigenvalue weighted by molar-refractivity contribution is 7.14. The van der Waals surface area contributed by atoms with Crippen molar-refractivity contribution >= 4 is 28.3 Å². The number of piperidine rings is 1. The molecule has 25 heavy (non-hydrogen) atoms. The Hall–Kier alpha value is -2.15. The summed E-state index contributed by atoms with van der Waals surface area (Å²) in [5.41, 5.74) is 1.39. The molecule has 0 radical (unpaired) electrons. The highest BCUT2D eigenvalue weighted by Gasteiger charge is 2.32. The van der Waals surface area contributed by atoms with Crippen LogP contribution in [0.5, 0.6) is 0 Å². The molecule has 1 aliphatic heterocycles. The summed E-state index contributed by atoms with van der Waals surface area (Å²) in [6.07, 6.45) is 3.24. The predicted octanol–water partition coefficient (Wildman–Crippen LogP) is 3.36. The molecule has 3 heterocycles. The number of aromatic amines is 1. The largest absolute Gasteiger partial charge is 0.360 e. The monoisotopic (exact) mass is 360 g/mol. The van der Waals surface area contributed by atoms with E-state index in [-0.39, 0.29) is 23.1 Å². The zero-order valence-corrected chi connectivity index (χ0v) is 15.7. The molecule has 2 aromatic rings. The van der Waals surface area contributed by atoms with Crippen molar-refractivity contribution in [2.75, 3.05) is 18.4 Å². The summed E-state index contributed by atoms with van der Waals surface area (Å²) >= 11 is 1.42. The number of anilines is 1. The van der Waals surface area contributed by atoms with Gasteiger partial charge in [-0.05, 0) is 25.0 Å². The normalized spacial score (nSPS) is 16.0. The number of thiazole rings is 1. The van der Waals surface area contributed by atoms with Crippen molar-refractivity contribution in [3.8, 4) is 11.4 Å². The van der Waals surface area contributed by atoms with Crippen LogP contribution < -0.4 is 5.32 Å². The number of nitrogens with one attached hydrogen (secondary N) is 2. The molecule has 0 saturated carbocycles. The Labute approximate surface area is 151 Å². The molecule has 1 aliphatic rings. The molecule has 1 fully saturated rings. The second-order valence-corrected chi connectivity index (χ2v) is 8.29. The van der Waals surface area contributed by atoms with Gasteiger partial charge in [-0.25, -0.2) is 4.98 Å². The maximum Gasteiger partial charge on any atom is 0.229 e. The Morgan fingerprint density at radius 2 is 2.04 bits per heavy atom. The van der Waals surface area contributed by atoms with Gasteiger partial charge in [0.05, 0.1) is 11.4 Å². The third-order valence-corrected chi connectivity index (χ3v) is 5.16. The summed E-state index contributed by atoms with van der Waals surface area (Å²) in [6, 6.07) is 3.86. The molecule has 2 aromatic heterocycles. The molecule has 7 heteroatoms. The third kappa shape index (κ3) is 4.10. The van der Waals surface area contributed by atoms with Gasteiger partial charge in [-0.3, -0.25) is 9.59 Å². The quantitative estimate of drug-likeness (QED) is 0.881. The zero-order valence-electron chi connectivity index (χ0n) is 14.8. The van der Waals surface area contributed by atoms with Crippen molar-refractivity contribution in [1.82, 2.24) is 14.9 Å². The Bertz CT molecular complexity index is 737. The third-order valence-electron chi connectivity index (χ3n) is 4.40. The highest BCUT2D eigenvalue weighted by atomic mass is 32.1. The standard InChI is InChI=1S/C18H24N4O2S/c1-18(2,3)16(24)22-9-6-12(7-10-22)15(23)21-17-20-14(11-25-17)13-5-4-8-19-13/h4-5,8,11-12,19H,6-7,9-10H2,1-3H3,(H,20,21,23). The second kappa shape index (κ2) is 7.00. The lowest BCUT2D eigenvalue weighted by Crippen LogP contribution is -2.45. The van der Waals surface area contributed by atoms with Crippen molar-refractivity contribution < 1.29 is 9.59 Å². The highest BCUT2D eigenvalue weighted by Crippen LogP contribution is 2.27. The number of nitrogens with zero attached hydrogens (tertiary/aromatic N) is 2. The van der Waals surface area contributed by atoms with Gasteiger partial charge in [0.15, 0.2) is 5.13 Å². The molecule has 0 bridgehead atoms. The van der Waals surface area contributed by atoms with E-state index in [1.807, 2.05) is 49.4 Å². The first-order valence-corrected chi connectivity index (χ1v) is 9.42. The van der Waals surface area contributed by atoms with Gasteiger partial charge in [0, 0.05) is 36.0 Å². The molecule has 2 N–H and O–H groups in total. The fraction of sp³-hybridized carbons (Fsp3) is 0.500. The number of hydrogen-bond donors (Lipinski definition) is 2. The Morgan fingerprint density at radius 3 is 2.64 bits per heavy atom. The summed E-state index contributed by atoms with van der Waals surface area (Å²) in [5, 5.41) is 5.46. The Balaban J connectivity index is 1.54. The van der Waals surface area contributed by atoms with E-state index in [4.69, 9.17) is 0 Å². The summed E-state index contributed by atoms with van der Waals surface area (Å²) in [6.45, 7) is 7.06. The van der Waals surface area contributed by atoms with Crippen LogP contribution in [0.25, 0.3) is 11.4 Å². The van der Waals surface area contributed by atoms with Crippen LogP contribution >= 0.6 is 11.3 Å². The van der Waals surface area contributed by atoms with Crippen LogP contribution in [0, 0.1) is 11.3 Å². The SMILES string of the molecule is CC(C)(C)C(=O)N1CCC(C(=O)Nc2nc(-c3ccc[nH]3)cs2)CC1. The Kier molecular flexibility index (Phi) is 4.94. The van der Waals surface area contributed by atoms with Crippen molar-refractivity contribution in [2.45, 2.75) is 33.6 Å². The van der Waals surface area contributed by atoms with Crippen molar-refractivity contribution in [1.29, 1.82) is 0 Å². The summed E-state index contributed by atoms with van der Waals surface area (Å²) < 4.78 is 0. The number of hydrogen-bond acceptors (Lipinski definition) is 4. The minimum Gasteiger partial charge on any atom is -0.360 e. The maximum absolute atomic E-state index is 12.5. The number of amides is 2. The van der Waals surface area contributed by atoms with E-state index in [1.165, 1.54) is 11.3 Å². The molecule has 0 spiro atoms. The lowest BCUT2D eigenvalue weighted by Gasteiger charge is -2.35. The van der Waals surface area contributed by atoms with E-state index >= 15 is 0 Å². The lowest BCUT2D eigenvalue weighted by atomic mass is 9.91. The van der Waals surface area contributed by atoms with Crippen LogP contribution in [-0.4, -0.2) is 39.8 Å². The van der Waals surface area contributed by atoms with E-state index in [2.05, 4.69) is 15.3 Å². The van der Waals surface area contributed by atoms with Crippen LogP contribution in [0.1, 0.15) is 33.6 Å². The van der Waals surface area contributed by atoms with Crippen molar-refractivity contribution in [2.24, 2.45) is 11.3 Å². The minimum atomic E-state index is -0.371. The van der Waals surface area contributed by atoms with Gasteiger partial charge in [0.2, 0.25) is 11.8 Å². The average Bonchev–Trinajstić information content (AvgIpc) is 3.24. The smallest absolute Gasteiger partial charge is 0.229 e. The Morgan fingerprint density at radius 1 is 1.32 bits per heavy atom. The van der Waals surface area contributed by atoms with Crippen LogP contribution in [0.2, 0.25) is 0 Å². The molecular weight excluding hydrogens is 336 g/mol. The first-order chi connectivity index (χ1) is 11.8. The molecule has 0 aromatic carbocycles. The zero-order chi connectivity index (χ0) is 18.0. The van der Waals surface area contributed by atoms with Gasteiger partial charge in [0.1, 0.15) is 0 Å². The molecule has 0 unspecified atom stereocenters. The van der Waals surface area contributed by atoms with Gasteiger partial charge in [-0.1, -0.05) is 20.8 Å². The average molecular weight is 360 g/mol. The number of carbonyl (C=O) groups excluding carboxylic acids is 2. The number of rotatable bonds is 3. The topological polar surface area (TPSA) is 78.1 Å². The number of aromatic nitrogens is 2. The van der Waals surface area contributed by atoms with Crippen LogP contribution in [0.3, 0.4) is 0 Å². The van der Waals surface area contributed by atoms with Crippen molar-refractivity contribution in [3.63, 3.8) is 0 Å². The van der Waals surface area contributed by atoms with Crippen LogP contribution in [-0.2, 0) is 9.59 Å². The molecule has 134 valence electrons. The van der Waals surface area contributed by atoms with E-state index in [1.54, 1.807) is 0 Å². The molecule has 2 amide bonds. The van der Waals surface area contributed by atoms with Crippen molar-refractivity contribution in [3.05, 3.63) is 23.7 Å². The second-order valence-electron chi connectivity index (χ2n) is 7.43. The van der Waals surface area contributed by atoms with Gasteiger partial charge < -0.3 is 15.2 Å². The molecule has 1 saturated heterocycles. The summed E-state index contributed by atoms with van der Waals surface area (Å²) in [5.74, 6) is 0.0824. The maximum atomic E-state index is 12.5. The van der Waals surface area contributed by atoms with Crippen LogP contribution in [0.15, 0.2) is 23.7 Å². The molecule has 0 atom stereocenters.